The molecule has 92 valence electrons. The monoisotopic (exact) mass is 232 g/mol. The number of ether oxygens (including phenoxy) is 2. The van der Waals surface area contributed by atoms with E-state index in [4.69, 9.17) is 9.47 Å². The van der Waals surface area contributed by atoms with E-state index < -0.39 is 0 Å². The summed E-state index contributed by atoms with van der Waals surface area (Å²) in [5, 5.41) is 0. The highest BCUT2D eigenvalue weighted by molar-refractivity contribution is 5.43. The fourth-order valence-electron chi connectivity index (χ4n) is 2.72. The van der Waals surface area contributed by atoms with E-state index in [-0.39, 0.29) is 0 Å². The van der Waals surface area contributed by atoms with E-state index >= 15 is 0 Å². The van der Waals surface area contributed by atoms with E-state index in [9.17, 15) is 0 Å². The first kappa shape index (κ1) is 11.1. The minimum atomic E-state index is 0.337. The molecule has 2 nitrogen and oxygen atoms in total. The van der Waals surface area contributed by atoms with Crippen molar-refractivity contribution in [3.05, 3.63) is 29.3 Å². The third kappa shape index (κ3) is 2.06. The van der Waals surface area contributed by atoms with Crippen molar-refractivity contribution < 1.29 is 9.47 Å². The molecule has 1 fully saturated rings. The van der Waals surface area contributed by atoms with Crippen molar-refractivity contribution >= 4 is 0 Å². The first-order valence-corrected chi connectivity index (χ1v) is 6.59. The van der Waals surface area contributed by atoms with Crippen molar-refractivity contribution in [1.82, 2.24) is 0 Å². The summed E-state index contributed by atoms with van der Waals surface area (Å²) in [5.74, 6) is 1.000. The molecule has 2 atom stereocenters. The summed E-state index contributed by atoms with van der Waals surface area (Å²) < 4.78 is 10.9. The predicted molar refractivity (Wildman–Crippen MR) is 67.6 cm³/mol. The van der Waals surface area contributed by atoms with Gasteiger partial charge in [0.05, 0.1) is 6.61 Å². The summed E-state index contributed by atoms with van der Waals surface area (Å²) >= 11 is 0. The number of rotatable bonds is 4. The lowest BCUT2D eigenvalue weighted by molar-refractivity contribution is 0.263. The largest absolute Gasteiger partial charge is 0.491 e. The molecule has 17 heavy (non-hydrogen) atoms. The van der Waals surface area contributed by atoms with Gasteiger partial charge in [0.25, 0.3) is 0 Å². The van der Waals surface area contributed by atoms with Crippen LogP contribution >= 0.6 is 0 Å². The van der Waals surface area contributed by atoms with Gasteiger partial charge in [0.2, 0.25) is 0 Å². The van der Waals surface area contributed by atoms with Crippen LogP contribution in [0.4, 0.5) is 0 Å². The van der Waals surface area contributed by atoms with Crippen LogP contribution in [0.1, 0.15) is 37.8 Å². The fraction of sp³-hybridized carbons (Fsp3) is 0.600. The molecule has 1 saturated heterocycles. The molecular formula is C15H20O2. The lowest BCUT2D eigenvalue weighted by atomic mass is 9.82. The van der Waals surface area contributed by atoms with Crippen LogP contribution in [0.5, 0.6) is 5.75 Å². The highest BCUT2D eigenvalue weighted by Gasteiger charge is 2.32. The number of hydrogen-bond donors (Lipinski definition) is 0. The van der Waals surface area contributed by atoms with Crippen LogP contribution in [0.15, 0.2) is 18.2 Å². The molecule has 2 unspecified atom stereocenters. The molecule has 0 saturated carbocycles. The third-order valence-corrected chi connectivity index (χ3v) is 4.29. The van der Waals surface area contributed by atoms with Crippen molar-refractivity contribution in [3.63, 3.8) is 0 Å². The molecule has 1 aliphatic carbocycles. The number of benzene rings is 1. The Kier molecular flexibility index (Phi) is 2.62. The van der Waals surface area contributed by atoms with Gasteiger partial charge in [0.15, 0.2) is 0 Å². The third-order valence-electron chi connectivity index (χ3n) is 4.29. The van der Waals surface area contributed by atoms with Gasteiger partial charge in [-0.15, -0.1) is 0 Å². The van der Waals surface area contributed by atoms with Crippen molar-refractivity contribution in [3.8, 4) is 5.75 Å². The highest BCUT2D eigenvalue weighted by atomic mass is 16.6. The Labute approximate surface area is 103 Å². The van der Waals surface area contributed by atoms with Gasteiger partial charge < -0.3 is 9.47 Å². The van der Waals surface area contributed by atoms with Gasteiger partial charge >= 0.3 is 0 Å². The van der Waals surface area contributed by atoms with E-state index in [0.717, 1.165) is 12.4 Å². The van der Waals surface area contributed by atoms with E-state index in [1.807, 2.05) is 0 Å². The quantitative estimate of drug-likeness (QED) is 0.744. The van der Waals surface area contributed by atoms with Crippen LogP contribution < -0.4 is 4.74 Å². The van der Waals surface area contributed by atoms with Crippen LogP contribution in [-0.2, 0) is 16.6 Å². The number of aryl methyl sites for hydroxylation is 1. The van der Waals surface area contributed by atoms with Gasteiger partial charge in [-0.2, -0.15) is 0 Å². The van der Waals surface area contributed by atoms with Crippen LogP contribution in [0, 0.1) is 0 Å². The molecule has 2 aliphatic rings. The molecule has 0 radical (unpaired) electrons. The summed E-state index contributed by atoms with van der Waals surface area (Å²) in [4.78, 5) is 0. The Bertz CT molecular complexity index is 423. The van der Waals surface area contributed by atoms with E-state index in [0.29, 0.717) is 18.1 Å². The normalized spacial score (nSPS) is 30.1. The maximum atomic E-state index is 5.73. The van der Waals surface area contributed by atoms with Gasteiger partial charge in [-0.25, -0.2) is 0 Å². The average molecular weight is 232 g/mol. The minimum Gasteiger partial charge on any atom is -0.491 e. The topological polar surface area (TPSA) is 21.8 Å². The van der Waals surface area contributed by atoms with E-state index in [1.165, 1.54) is 30.4 Å². The molecule has 0 amide bonds. The SMILES string of the molecule is CCC1(C)CCc2cc(OCC3CO3)ccc21. The van der Waals surface area contributed by atoms with Crippen molar-refractivity contribution in [2.24, 2.45) is 0 Å². The summed E-state index contributed by atoms with van der Waals surface area (Å²) in [6.45, 7) is 6.21. The molecule has 0 spiro atoms. The Hall–Kier alpha value is -1.02. The smallest absolute Gasteiger partial charge is 0.119 e. The Morgan fingerprint density at radius 2 is 2.29 bits per heavy atom. The number of fused-ring (bicyclic) bond motifs is 1. The van der Waals surface area contributed by atoms with Crippen molar-refractivity contribution in [1.29, 1.82) is 0 Å². The van der Waals surface area contributed by atoms with E-state index in [2.05, 4.69) is 32.0 Å². The molecule has 0 aromatic heterocycles. The molecule has 3 rings (SSSR count). The first-order valence-electron chi connectivity index (χ1n) is 6.59. The van der Waals surface area contributed by atoms with Gasteiger partial charge in [-0.3, -0.25) is 0 Å². The molecule has 1 aliphatic heterocycles. The summed E-state index contributed by atoms with van der Waals surface area (Å²) in [7, 11) is 0. The Balaban J connectivity index is 1.77. The van der Waals surface area contributed by atoms with Crippen molar-refractivity contribution in [2.45, 2.75) is 44.6 Å². The minimum absolute atomic E-state index is 0.337. The maximum Gasteiger partial charge on any atom is 0.119 e. The predicted octanol–water partition coefficient (Wildman–Crippen LogP) is 3.08. The molecule has 1 aromatic carbocycles. The van der Waals surface area contributed by atoms with Gasteiger partial charge in [0.1, 0.15) is 18.5 Å². The molecule has 2 heteroatoms. The van der Waals surface area contributed by atoms with Crippen LogP contribution in [0.2, 0.25) is 0 Å². The zero-order chi connectivity index (χ0) is 11.9. The van der Waals surface area contributed by atoms with Crippen molar-refractivity contribution in [2.75, 3.05) is 13.2 Å². The molecular weight excluding hydrogens is 212 g/mol. The number of epoxide rings is 1. The second-order valence-electron chi connectivity index (χ2n) is 5.50. The fourth-order valence-corrected chi connectivity index (χ4v) is 2.72. The Morgan fingerprint density at radius 1 is 1.47 bits per heavy atom. The highest BCUT2D eigenvalue weighted by Crippen LogP contribution is 2.42. The molecule has 0 N–H and O–H groups in total. The molecule has 1 aromatic rings. The van der Waals surface area contributed by atoms with Gasteiger partial charge in [-0.1, -0.05) is 19.9 Å². The van der Waals surface area contributed by atoms with E-state index in [1.54, 1.807) is 0 Å². The lowest BCUT2D eigenvalue weighted by Crippen LogP contribution is -2.16. The second kappa shape index (κ2) is 4.02. The maximum absolute atomic E-state index is 5.73. The molecule has 1 heterocycles. The molecule has 0 bridgehead atoms. The standard InChI is InChI=1S/C15H20O2/c1-3-15(2)7-6-11-8-12(4-5-14(11)15)16-9-13-10-17-13/h4-5,8,13H,3,6-7,9-10H2,1-2H3. The van der Waals surface area contributed by atoms with Crippen LogP contribution in [0.25, 0.3) is 0 Å². The lowest BCUT2D eigenvalue weighted by Gasteiger charge is -2.23. The number of hydrogen-bond acceptors (Lipinski definition) is 2. The van der Waals surface area contributed by atoms with Crippen LogP contribution in [0.3, 0.4) is 0 Å². The summed E-state index contributed by atoms with van der Waals surface area (Å²) in [6.07, 6.45) is 4.02. The Morgan fingerprint density at radius 3 is 3.00 bits per heavy atom. The summed E-state index contributed by atoms with van der Waals surface area (Å²) in [6, 6.07) is 6.59. The van der Waals surface area contributed by atoms with Gasteiger partial charge in [0, 0.05) is 0 Å². The zero-order valence-electron chi connectivity index (χ0n) is 10.7. The average Bonchev–Trinajstić information content (AvgIpc) is 3.12. The first-order chi connectivity index (χ1) is 8.21. The summed E-state index contributed by atoms with van der Waals surface area (Å²) in [5.41, 5.74) is 3.38. The zero-order valence-corrected chi connectivity index (χ0v) is 10.7. The van der Waals surface area contributed by atoms with Crippen LogP contribution in [-0.4, -0.2) is 19.3 Å². The van der Waals surface area contributed by atoms with Gasteiger partial charge in [-0.05, 0) is 47.9 Å². The second-order valence-corrected chi connectivity index (χ2v) is 5.50.